The first-order chi connectivity index (χ1) is 11.1. The molecular formula is C17H25ClN2O3. The molecule has 0 unspecified atom stereocenters. The number of ether oxygens (including phenoxy) is 2. The number of likely N-dealkylation sites (tertiary alicyclic amines) is 1. The fourth-order valence-electron chi connectivity index (χ4n) is 2.99. The SMILES string of the molecule is CCOc1cc(CN2CCCC[C@H]2C(=O)NC)c(Cl)cc1OC. The number of benzene rings is 1. The van der Waals surface area contributed by atoms with Gasteiger partial charge in [0.25, 0.3) is 0 Å². The molecule has 0 saturated carbocycles. The van der Waals surface area contributed by atoms with Crippen molar-refractivity contribution in [3.63, 3.8) is 0 Å². The number of methoxy groups -OCH3 is 1. The van der Waals surface area contributed by atoms with Gasteiger partial charge in [0.05, 0.1) is 19.8 Å². The van der Waals surface area contributed by atoms with Gasteiger partial charge in [-0.3, -0.25) is 9.69 Å². The van der Waals surface area contributed by atoms with Crippen molar-refractivity contribution in [1.29, 1.82) is 0 Å². The third-order valence-electron chi connectivity index (χ3n) is 4.17. The number of piperidine rings is 1. The zero-order chi connectivity index (χ0) is 16.8. The first-order valence-corrected chi connectivity index (χ1v) is 8.43. The molecule has 6 heteroatoms. The Hall–Kier alpha value is -1.46. The van der Waals surface area contributed by atoms with Gasteiger partial charge in [0, 0.05) is 24.7 Å². The van der Waals surface area contributed by atoms with Gasteiger partial charge < -0.3 is 14.8 Å². The Morgan fingerprint density at radius 2 is 2.17 bits per heavy atom. The highest BCUT2D eigenvalue weighted by Gasteiger charge is 2.28. The number of nitrogens with one attached hydrogen (secondary N) is 1. The van der Waals surface area contributed by atoms with Crippen LogP contribution in [-0.4, -0.2) is 44.2 Å². The molecule has 0 spiro atoms. The zero-order valence-electron chi connectivity index (χ0n) is 14.0. The standard InChI is InChI=1S/C17H25ClN2O3/c1-4-23-16-9-12(13(18)10-15(16)22-3)11-20-8-6-5-7-14(20)17(21)19-2/h9-10,14H,4-8,11H2,1-3H3,(H,19,21)/t14-/m0/s1. The van der Waals surface area contributed by atoms with Gasteiger partial charge in [0.2, 0.25) is 5.91 Å². The van der Waals surface area contributed by atoms with Crippen molar-refractivity contribution in [2.24, 2.45) is 0 Å². The van der Waals surface area contributed by atoms with Crippen molar-refractivity contribution in [1.82, 2.24) is 10.2 Å². The van der Waals surface area contributed by atoms with E-state index in [9.17, 15) is 4.79 Å². The average Bonchev–Trinajstić information content (AvgIpc) is 2.57. The van der Waals surface area contributed by atoms with Gasteiger partial charge in [-0.1, -0.05) is 18.0 Å². The van der Waals surface area contributed by atoms with Gasteiger partial charge in [-0.25, -0.2) is 0 Å². The summed E-state index contributed by atoms with van der Waals surface area (Å²) in [6.07, 6.45) is 3.06. The molecule has 1 aliphatic rings. The van der Waals surface area contributed by atoms with E-state index in [0.29, 0.717) is 29.7 Å². The van der Waals surface area contributed by atoms with Gasteiger partial charge in [0.1, 0.15) is 0 Å². The predicted octanol–water partition coefficient (Wildman–Crippen LogP) is 2.85. The Bertz CT molecular complexity index is 551. The molecule has 0 aliphatic carbocycles. The highest BCUT2D eigenvalue weighted by atomic mass is 35.5. The van der Waals surface area contributed by atoms with Crippen molar-refractivity contribution in [3.05, 3.63) is 22.7 Å². The molecule has 1 atom stereocenters. The molecule has 0 aromatic heterocycles. The maximum Gasteiger partial charge on any atom is 0.237 e. The lowest BCUT2D eigenvalue weighted by atomic mass is 10.0. The Balaban J connectivity index is 2.23. The minimum Gasteiger partial charge on any atom is -0.493 e. The lowest BCUT2D eigenvalue weighted by molar-refractivity contribution is -0.127. The summed E-state index contributed by atoms with van der Waals surface area (Å²) in [6.45, 7) is 4.01. The van der Waals surface area contributed by atoms with Crippen molar-refractivity contribution in [2.75, 3.05) is 27.3 Å². The van der Waals surface area contributed by atoms with Crippen LogP contribution in [0.15, 0.2) is 12.1 Å². The second kappa shape index (κ2) is 8.41. The van der Waals surface area contributed by atoms with Crippen molar-refractivity contribution in [3.8, 4) is 11.5 Å². The fourth-order valence-corrected chi connectivity index (χ4v) is 3.20. The summed E-state index contributed by atoms with van der Waals surface area (Å²) in [5.74, 6) is 1.38. The number of halogens is 1. The Morgan fingerprint density at radius 1 is 1.39 bits per heavy atom. The van der Waals surface area contributed by atoms with Crippen LogP contribution in [0.1, 0.15) is 31.7 Å². The third kappa shape index (κ3) is 4.30. The van der Waals surface area contributed by atoms with Gasteiger partial charge in [-0.2, -0.15) is 0 Å². The van der Waals surface area contributed by atoms with Crippen LogP contribution in [0.2, 0.25) is 5.02 Å². The molecule has 1 amide bonds. The minimum absolute atomic E-state index is 0.0689. The first kappa shape index (κ1) is 17.9. The molecule has 23 heavy (non-hydrogen) atoms. The average molecular weight is 341 g/mol. The summed E-state index contributed by atoms with van der Waals surface area (Å²) in [5.41, 5.74) is 0.951. The second-order valence-corrected chi connectivity index (χ2v) is 6.03. The highest BCUT2D eigenvalue weighted by Crippen LogP contribution is 2.34. The van der Waals surface area contributed by atoms with E-state index in [1.807, 2.05) is 13.0 Å². The number of hydrogen-bond donors (Lipinski definition) is 1. The number of rotatable bonds is 6. The maximum absolute atomic E-state index is 12.1. The van der Waals surface area contributed by atoms with Crippen molar-refractivity contribution < 1.29 is 14.3 Å². The summed E-state index contributed by atoms with van der Waals surface area (Å²) in [5, 5.41) is 3.39. The molecule has 1 aromatic rings. The number of hydrogen-bond acceptors (Lipinski definition) is 4. The van der Waals surface area contributed by atoms with Crippen LogP contribution in [0.3, 0.4) is 0 Å². The molecule has 0 radical (unpaired) electrons. The lowest BCUT2D eigenvalue weighted by Gasteiger charge is -2.34. The first-order valence-electron chi connectivity index (χ1n) is 8.05. The molecule has 1 aliphatic heterocycles. The third-order valence-corrected chi connectivity index (χ3v) is 4.52. The van der Waals surface area contributed by atoms with Crippen LogP contribution >= 0.6 is 11.6 Å². The van der Waals surface area contributed by atoms with Gasteiger partial charge in [0.15, 0.2) is 11.5 Å². The lowest BCUT2D eigenvalue weighted by Crippen LogP contribution is -2.48. The van der Waals surface area contributed by atoms with E-state index in [0.717, 1.165) is 31.4 Å². The summed E-state index contributed by atoms with van der Waals surface area (Å²) in [4.78, 5) is 14.3. The van der Waals surface area contributed by atoms with Gasteiger partial charge >= 0.3 is 0 Å². The predicted molar refractivity (Wildman–Crippen MR) is 91.3 cm³/mol. The van der Waals surface area contributed by atoms with Gasteiger partial charge in [-0.05, 0) is 37.9 Å². The summed E-state index contributed by atoms with van der Waals surface area (Å²) >= 11 is 6.40. The fraction of sp³-hybridized carbons (Fsp3) is 0.588. The van der Waals surface area contributed by atoms with Crippen molar-refractivity contribution >= 4 is 17.5 Å². The molecule has 1 N–H and O–H groups in total. The van der Waals surface area contributed by atoms with Crippen LogP contribution in [0.25, 0.3) is 0 Å². The Labute approximate surface area is 142 Å². The molecule has 2 rings (SSSR count). The minimum atomic E-state index is -0.0949. The molecular weight excluding hydrogens is 316 g/mol. The quantitative estimate of drug-likeness (QED) is 0.865. The number of carbonyl (C=O) groups excluding carboxylic acids is 1. The Kier molecular flexibility index (Phi) is 6.54. The molecule has 128 valence electrons. The monoisotopic (exact) mass is 340 g/mol. The number of carbonyl (C=O) groups is 1. The van der Waals surface area contributed by atoms with E-state index in [1.165, 1.54) is 0 Å². The largest absolute Gasteiger partial charge is 0.493 e. The molecule has 1 heterocycles. The number of nitrogens with zero attached hydrogens (tertiary/aromatic N) is 1. The van der Waals surface area contributed by atoms with E-state index in [2.05, 4.69) is 10.2 Å². The molecule has 0 bridgehead atoms. The second-order valence-electron chi connectivity index (χ2n) is 5.62. The van der Waals surface area contributed by atoms with Gasteiger partial charge in [-0.15, -0.1) is 0 Å². The Morgan fingerprint density at radius 3 is 2.83 bits per heavy atom. The highest BCUT2D eigenvalue weighted by molar-refractivity contribution is 6.31. The van der Waals surface area contributed by atoms with Crippen LogP contribution in [0.4, 0.5) is 0 Å². The summed E-state index contributed by atoms with van der Waals surface area (Å²) in [6, 6.07) is 3.60. The molecule has 1 aromatic carbocycles. The normalized spacial score (nSPS) is 18.5. The van der Waals surface area contributed by atoms with E-state index in [4.69, 9.17) is 21.1 Å². The summed E-state index contributed by atoms with van der Waals surface area (Å²) < 4.78 is 10.9. The summed E-state index contributed by atoms with van der Waals surface area (Å²) in [7, 11) is 3.28. The van der Waals surface area contributed by atoms with E-state index in [1.54, 1.807) is 20.2 Å². The molecule has 5 nitrogen and oxygen atoms in total. The zero-order valence-corrected chi connectivity index (χ0v) is 14.8. The molecule has 1 fully saturated rings. The number of likely N-dealkylation sites (N-methyl/N-ethyl adjacent to an activating group) is 1. The van der Waals surface area contributed by atoms with E-state index < -0.39 is 0 Å². The van der Waals surface area contributed by atoms with Crippen LogP contribution in [-0.2, 0) is 11.3 Å². The number of amides is 1. The van der Waals surface area contributed by atoms with Crippen LogP contribution in [0.5, 0.6) is 11.5 Å². The van der Waals surface area contributed by atoms with E-state index in [-0.39, 0.29) is 11.9 Å². The molecule has 1 saturated heterocycles. The maximum atomic E-state index is 12.1. The van der Waals surface area contributed by atoms with E-state index >= 15 is 0 Å². The van der Waals surface area contributed by atoms with Crippen molar-refractivity contribution in [2.45, 2.75) is 38.8 Å². The van der Waals surface area contributed by atoms with Crippen LogP contribution in [0, 0.1) is 0 Å². The topological polar surface area (TPSA) is 50.8 Å². The smallest absolute Gasteiger partial charge is 0.237 e. The van der Waals surface area contributed by atoms with Crippen LogP contribution < -0.4 is 14.8 Å².